The highest BCUT2D eigenvalue weighted by molar-refractivity contribution is 5.60. The van der Waals surface area contributed by atoms with Gasteiger partial charge in [-0.05, 0) is 30.2 Å². The fourth-order valence-electron chi connectivity index (χ4n) is 3.18. The monoisotopic (exact) mass is 386 g/mol. The molecule has 5 heteroatoms. The average molecular weight is 386 g/mol. The van der Waals surface area contributed by atoms with E-state index in [-0.39, 0.29) is 5.82 Å². The zero-order valence-corrected chi connectivity index (χ0v) is 16.3. The van der Waals surface area contributed by atoms with Crippen LogP contribution in [0.25, 0.3) is 11.3 Å². The van der Waals surface area contributed by atoms with E-state index in [9.17, 15) is 4.39 Å². The van der Waals surface area contributed by atoms with Crippen molar-refractivity contribution in [2.45, 2.75) is 26.6 Å². The maximum Gasteiger partial charge on any atom is 0.123 e. The molecule has 0 fully saturated rings. The molecule has 0 aliphatic rings. The standard InChI is InChI=1S/C24H23FN4/c1-18-7-9-19(10-8-18)15-26-16-23-24(21-5-3-2-4-6-21)28-29(27-23)17-20-11-13-22(25)14-12-20/h2-14,26H,15-17H2,1H3. The van der Waals surface area contributed by atoms with Crippen LogP contribution >= 0.6 is 0 Å². The van der Waals surface area contributed by atoms with Gasteiger partial charge in [-0.1, -0.05) is 72.3 Å². The Bertz CT molecular complexity index is 1050. The Morgan fingerprint density at radius 3 is 2.21 bits per heavy atom. The SMILES string of the molecule is Cc1ccc(CNCc2nn(Cc3ccc(F)cc3)nc2-c2ccccc2)cc1. The minimum absolute atomic E-state index is 0.242. The first kappa shape index (κ1) is 19.0. The van der Waals surface area contributed by atoms with Crippen LogP contribution in [0.1, 0.15) is 22.4 Å². The van der Waals surface area contributed by atoms with Crippen LogP contribution in [0.3, 0.4) is 0 Å². The highest BCUT2D eigenvalue weighted by Crippen LogP contribution is 2.20. The van der Waals surface area contributed by atoms with Crippen molar-refractivity contribution in [3.63, 3.8) is 0 Å². The van der Waals surface area contributed by atoms with Gasteiger partial charge in [-0.2, -0.15) is 15.0 Å². The molecule has 1 N–H and O–H groups in total. The van der Waals surface area contributed by atoms with E-state index < -0.39 is 0 Å². The molecule has 0 aliphatic carbocycles. The second-order valence-electron chi connectivity index (χ2n) is 7.11. The molecule has 0 saturated heterocycles. The van der Waals surface area contributed by atoms with Gasteiger partial charge in [-0.25, -0.2) is 4.39 Å². The third-order valence-electron chi connectivity index (χ3n) is 4.75. The van der Waals surface area contributed by atoms with Gasteiger partial charge in [0.25, 0.3) is 0 Å². The molecule has 0 spiro atoms. The topological polar surface area (TPSA) is 42.7 Å². The Labute approximate surface area is 170 Å². The van der Waals surface area contributed by atoms with Gasteiger partial charge in [0.05, 0.1) is 6.54 Å². The van der Waals surface area contributed by atoms with Crippen molar-refractivity contribution in [3.8, 4) is 11.3 Å². The van der Waals surface area contributed by atoms with Gasteiger partial charge in [0, 0.05) is 18.7 Å². The Hall–Kier alpha value is -3.31. The molecule has 29 heavy (non-hydrogen) atoms. The number of nitrogens with one attached hydrogen (secondary N) is 1. The van der Waals surface area contributed by atoms with E-state index >= 15 is 0 Å². The fraction of sp³-hybridized carbons (Fsp3) is 0.167. The van der Waals surface area contributed by atoms with Crippen LogP contribution in [0.4, 0.5) is 4.39 Å². The van der Waals surface area contributed by atoms with E-state index in [1.54, 1.807) is 16.9 Å². The van der Waals surface area contributed by atoms with Crippen molar-refractivity contribution in [1.29, 1.82) is 0 Å². The predicted octanol–water partition coefficient (Wildman–Crippen LogP) is 4.73. The third-order valence-corrected chi connectivity index (χ3v) is 4.75. The summed E-state index contributed by atoms with van der Waals surface area (Å²) in [4.78, 5) is 1.68. The average Bonchev–Trinajstić information content (AvgIpc) is 3.14. The number of halogens is 1. The van der Waals surface area contributed by atoms with E-state index in [1.165, 1.54) is 23.3 Å². The summed E-state index contributed by atoms with van der Waals surface area (Å²) in [5, 5.41) is 12.9. The molecule has 0 saturated carbocycles. The molecule has 146 valence electrons. The molecule has 4 nitrogen and oxygen atoms in total. The Balaban J connectivity index is 1.53. The van der Waals surface area contributed by atoms with Crippen LogP contribution in [0.15, 0.2) is 78.9 Å². The van der Waals surface area contributed by atoms with Gasteiger partial charge >= 0.3 is 0 Å². The number of hydrogen-bond acceptors (Lipinski definition) is 3. The molecule has 0 amide bonds. The number of benzene rings is 3. The number of hydrogen-bond donors (Lipinski definition) is 1. The quantitative estimate of drug-likeness (QED) is 0.499. The molecule has 0 bridgehead atoms. The molecular weight excluding hydrogens is 363 g/mol. The molecule has 4 rings (SSSR count). The predicted molar refractivity (Wildman–Crippen MR) is 113 cm³/mol. The van der Waals surface area contributed by atoms with Gasteiger partial charge in [-0.3, -0.25) is 0 Å². The lowest BCUT2D eigenvalue weighted by Gasteiger charge is -2.05. The second-order valence-corrected chi connectivity index (χ2v) is 7.11. The molecule has 4 aromatic rings. The van der Waals surface area contributed by atoms with Crippen LogP contribution in [0.5, 0.6) is 0 Å². The zero-order chi connectivity index (χ0) is 20.1. The van der Waals surface area contributed by atoms with Crippen molar-refractivity contribution in [1.82, 2.24) is 20.3 Å². The van der Waals surface area contributed by atoms with E-state index in [0.717, 1.165) is 29.1 Å². The second kappa shape index (κ2) is 8.80. The lowest BCUT2D eigenvalue weighted by atomic mass is 10.1. The molecule has 3 aromatic carbocycles. The first-order chi connectivity index (χ1) is 14.2. The van der Waals surface area contributed by atoms with Crippen LogP contribution in [0, 0.1) is 12.7 Å². The van der Waals surface area contributed by atoms with Gasteiger partial charge in [0.1, 0.15) is 17.2 Å². The van der Waals surface area contributed by atoms with Gasteiger partial charge in [0.2, 0.25) is 0 Å². The van der Waals surface area contributed by atoms with Gasteiger partial charge in [0.15, 0.2) is 0 Å². The van der Waals surface area contributed by atoms with Crippen molar-refractivity contribution >= 4 is 0 Å². The maximum atomic E-state index is 13.2. The summed E-state index contributed by atoms with van der Waals surface area (Å²) < 4.78 is 13.2. The molecular formula is C24H23FN4. The van der Waals surface area contributed by atoms with E-state index in [4.69, 9.17) is 10.2 Å². The highest BCUT2D eigenvalue weighted by atomic mass is 19.1. The summed E-state index contributed by atoms with van der Waals surface area (Å²) in [5.74, 6) is -0.242. The van der Waals surface area contributed by atoms with Crippen LogP contribution in [0.2, 0.25) is 0 Å². The van der Waals surface area contributed by atoms with Crippen molar-refractivity contribution in [3.05, 3.63) is 107 Å². The van der Waals surface area contributed by atoms with Crippen LogP contribution < -0.4 is 5.32 Å². The van der Waals surface area contributed by atoms with Crippen molar-refractivity contribution < 1.29 is 4.39 Å². The van der Waals surface area contributed by atoms with Crippen LogP contribution in [-0.2, 0) is 19.6 Å². The van der Waals surface area contributed by atoms with Crippen LogP contribution in [-0.4, -0.2) is 15.0 Å². The number of nitrogens with zero attached hydrogens (tertiary/aromatic N) is 3. The fourth-order valence-corrected chi connectivity index (χ4v) is 3.18. The Kier molecular flexibility index (Phi) is 5.77. The molecule has 0 atom stereocenters. The summed E-state index contributed by atoms with van der Waals surface area (Å²) in [5.41, 5.74) is 6.24. The smallest absolute Gasteiger partial charge is 0.123 e. The number of rotatable bonds is 7. The molecule has 1 aromatic heterocycles. The molecule has 1 heterocycles. The normalized spacial score (nSPS) is 11.0. The summed E-state index contributed by atoms with van der Waals surface area (Å²) in [6.07, 6.45) is 0. The minimum atomic E-state index is -0.242. The molecule has 0 aliphatic heterocycles. The number of aromatic nitrogens is 3. The van der Waals surface area contributed by atoms with Gasteiger partial charge < -0.3 is 5.32 Å². The summed E-state index contributed by atoms with van der Waals surface area (Å²) in [6, 6.07) is 25.0. The van der Waals surface area contributed by atoms with Gasteiger partial charge in [-0.15, -0.1) is 0 Å². The molecule has 0 radical (unpaired) electrons. The zero-order valence-electron chi connectivity index (χ0n) is 16.3. The maximum absolute atomic E-state index is 13.2. The first-order valence-electron chi connectivity index (χ1n) is 9.67. The minimum Gasteiger partial charge on any atom is -0.307 e. The summed E-state index contributed by atoms with van der Waals surface area (Å²) >= 11 is 0. The Morgan fingerprint density at radius 2 is 1.48 bits per heavy atom. The van der Waals surface area contributed by atoms with E-state index in [1.807, 2.05) is 30.3 Å². The lowest BCUT2D eigenvalue weighted by molar-refractivity contribution is 0.574. The third kappa shape index (κ3) is 4.95. The first-order valence-corrected chi connectivity index (χ1v) is 9.67. The van der Waals surface area contributed by atoms with Crippen molar-refractivity contribution in [2.75, 3.05) is 0 Å². The summed E-state index contributed by atoms with van der Waals surface area (Å²) in [7, 11) is 0. The van der Waals surface area contributed by atoms with E-state index in [0.29, 0.717) is 13.1 Å². The van der Waals surface area contributed by atoms with Crippen molar-refractivity contribution in [2.24, 2.45) is 0 Å². The largest absolute Gasteiger partial charge is 0.307 e. The number of aryl methyl sites for hydroxylation is 1. The Morgan fingerprint density at radius 1 is 0.793 bits per heavy atom. The summed E-state index contributed by atoms with van der Waals surface area (Å²) in [6.45, 7) is 3.96. The molecule has 0 unspecified atom stereocenters. The highest BCUT2D eigenvalue weighted by Gasteiger charge is 2.13. The van der Waals surface area contributed by atoms with E-state index in [2.05, 4.69) is 36.5 Å². The lowest BCUT2D eigenvalue weighted by Crippen LogP contribution is -2.14.